The molecule has 0 saturated carbocycles. The normalized spacial score (nSPS) is 11.0. The van der Waals surface area contributed by atoms with E-state index in [9.17, 15) is 9.59 Å². The zero-order valence-corrected chi connectivity index (χ0v) is 23.6. The monoisotopic (exact) mass is 556 g/mol. The lowest BCUT2D eigenvalue weighted by atomic mass is 10.1. The molecule has 4 rings (SSSR count). The van der Waals surface area contributed by atoms with E-state index >= 15 is 0 Å². The summed E-state index contributed by atoms with van der Waals surface area (Å²) in [6, 6.07) is 16.5. The molecule has 0 fully saturated rings. The molecule has 190 valence electrons. The van der Waals surface area contributed by atoms with Gasteiger partial charge in [0.2, 0.25) is 11.8 Å². The second kappa shape index (κ2) is 14.5. The Labute approximate surface area is 229 Å². The fourth-order valence-corrected chi connectivity index (χ4v) is 6.93. The van der Waals surface area contributed by atoms with Crippen LogP contribution in [0, 0.1) is 0 Å². The summed E-state index contributed by atoms with van der Waals surface area (Å²) in [6.45, 7) is 2.70. The van der Waals surface area contributed by atoms with Gasteiger partial charge in [-0.25, -0.2) is 0 Å². The van der Waals surface area contributed by atoms with Crippen molar-refractivity contribution in [1.82, 2.24) is 9.80 Å². The van der Waals surface area contributed by atoms with Gasteiger partial charge < -0.3 is 9.80 Å². The van der Waals surface area contributed by atoms with E-state index in [1.807, 2.05) is 34.1 Å². The molecule has 0 saturated heterocycles. The Balaban J connectivity index is 1.19. The van der Waals surface area contributed by atoms with Crippen LogP contribution in [-0.4, -0.2) is 21.6 Å². The van der Waals surface area contributed by atoms with E-state index in [2.05, 4.69) is 45.8 Å². The first-order chi connectivity index (χ1) is 17.7. The average Bonchev–Trinajstić information content (AvgIpc) is 3.69. The molecule has 4 aromatic heterocycles. The fourth-order valence-electron chi connectivity index (χ4n) is 4.05. The molecule has 0 aliphatic carbocycles. The van der Waals surface area contributed by atoms with Crippen LogP contribution in [0.5, 0.6) is 0 Å². The van der Waals surface area contributed by atoms with E-state index in [1.54, 1.807) is 45.3 Å². The third kappa shape index (κ3) is 8.69. The van der Waals surface area contributed by atoms with Gasteiger partial charge in [0.25, 0.3) is 0 Å². The van der Waals surface area contributed by atoms with Gasteiger partial charge >= 0.3 is 0 Å². The zero-order valence-electron chi connectivity index (χ0n) is 20.3. The number of unbranched alkanes of at least 4 members (excludes halogenated alkanes) is 3. The highest BCUT2D eigenvalue weighted by atomic mass is 32.1. The Hall–Kier alpha value is -2.26. The third-order valence-electron chi connectivity index (χ3n) is 5.94. The predicted octanol–water partition coefficient (Wildman–Crippen LogP) is 8.03. The van der Waals surface area contributed by atoms with Crippen LogP contribution in [0.2, 0.25) is 0 Å². The molecule has 8 heteroatoms. The van der Waals surface area contributed by atoms with Gasteiger partial charge in [-0.3, -0.25) is 9.59 Å². The summed E-state index contributed by atoms with van der Waals surface area (Å²) in [7, 11) is 0. The number of thiophene rings is 4. The van der Waals surface area contributed by atoms with E-state index < -0.39 is 0 Å². The molecular formula is C28H32N2O2S4. The van der Waals surface area contributed by atoms with Crippen molar-refractivity contribution >= 4 is 57.2 Å². The van der Waals surface area contributed by atoms with E-state index in [0.29, 0.717) is 39.0 Å². The molecule has 0 radical (unpaired) electrons. The number of hydrogen-bond donors (Lipinski definition) is 0. The Morgan fingerprint density at radius 2 is 0.806 bits per heavy atom. The summed E-state index contributed by atoms with van der Waals surface area (Å²) in [5.41, 5.74) is 0. The Morgan fingerprint density at radius 1 is 0.500 bits per heavy atom. The Kier molecular flexibility index (Phi) is 10.8. The van der Waals surface area contributed by atoms with Crippen LogP contribution >= 0.6 is 45.3 Å². The Bertz CT molecular complexity index is 972. The molecule has 4 aromatic rings. The molecule has 4 heterocycles. The van der Waals surface area contributed by atoms with Crippen LogP contribution in [0.4, 0.5) is 0 Å². The molecule has 4 nitrogen and oxygen atoms in total. The number of carbonyl (C=O) groups is 2. The van der Waals surface area contributed by atoms with Gasteiger partial charge in [-0.1, -0.05) is 37.1 Å². The largest absolute Gasteiger partial charge is 0.332 e. The molecular weight excluding hydrogens is 525 g/mol. The fraction of sp³-hybridized carbons (Fsp3) is 0.357. The summed E-state index contributed by atoms with van der Waals surface area (Å²) in [6.07, 6.45) is 4.81. The average molecular weight is 557 g/mol. The van der Waals surface area contributed by atoms with Gasteiger partial charge in [0.1, 0.15) is 0 Å². The molecule has 0 N–H and O–H groups in total. The molecule has 0 spiro atoms. The zero-order chi connectivity index (χ0) is 25.0. The van der Waals surface area contributed by atoms with Gasteiger partial charge in [0.15, 0.2) is 0 Å². The third-order valence-corrected chi connectivity index (χ3v) is 9.39. The lowest BCUT2D eigenvalue weighted by molar-refractivity contribution is -0.133. The van der Waals surface area contributed by atoms with Gasteiger partial charge in [0, 0.05) is 32.4 Å². The van der Waals surface area contributed by atoms with E-state index in [-0.39, 0.29) is 11.8 Å². The summed E-state index contributed by atoms with van der Waals surface area (Å²) >= 11 is 6.79. The van der Waals surface area contributed by atoms with Crippen molar-refractivity contribution in [2.75, 3.05) is 0 Å². The molecule has 2 amide bonds. The second-order valence-corrected chi connectivity index (χ2v) is 12.9. The van der Waals surface area contributed by atoms with E-state index in [0.717, 1.165) is 25.7 Å². The van der Waals surface area contributed by atoms with Gasteiger partial charge in [-0.05, 0) is 58.6 Å². The van der Waals surface area contributed by atoms with E-state index in [4.69, 9.17) is 0 Å². The van der Waals surface area contributed by atoms with Crippen LogP contribution in [0.25, 0.3) is 0 Å². The number of nitrogens with zero attached hydrogens (tertiary/aromatic N) is 2. The maximum Gasteiger partial charge on any atom is 0.223 e. The van der Waals surface area contributed by atoms with Gasteiger partial charge in [0.05, 0.1) is 26.2 Å². The molecule has 0 atom stereocenters. The van der Waals surface area contributed by atoms with Crippen LogP contribution in [0.15, 0.2) is 70.1 Å². The van der Waals surface area contributed by atoms with Crippen molar-refractivity contribution in [2.45, 2.75) is 64.7 Å². The lowest BCUT2D eigenvalue weighted by Gasteiger charge is -2.22. The summed E-state index contributed by atoms with van der Waals surface area (Å²) in [5.74, 6) is 0.428. The van der Waals surface area contributed by atoms with Crippen molar-refractivity contribution in [3.8, 4) is 0 Å². The van der Waals surface area contributed by atoms with Crippen LogP contribution in [-0.2, 0) is 35.8 Å². The molecule has 0 bridgehead atoms. The maximum absolute atomic E-state index is 13.0. The van der Waals surface area contributed by atoms with Crippen LogP contribution in [0.1, 0.15) is 58.0 Å². The topological polar surface area (TPSA) is 40.6 Å². The van der Waals surface area contributed by atoms with Crippen LogP contribution in [0.3, 0.4) is 0 Å². The summed E-state index contributed by atoms with van der Waals surface area (Å²) in [4.78, 5) is 34.8. The highest BCUT2D eigenvalue weighted by Gasteiger charge is 2.17. The highest BCUT2D eigenvalue weighted by Crippen LogP contribution is 2.21. The number of amides is 2. The van der Waals surface area contributed by atoms with E-state index in [1.165, 1.54) is 19.5 Å². The van der Waals surface area contributed by atoms with Gasteiger partial charge in [-0.2, -0.15) is 0 Å². The second-order valence-electron chi connectivity index (χ2n) is 8.73. The van der Waals surface area contributed by atoms with Crippen molar-refractivity contribution in [2.24, 2.45) is 0 Å². The number of hydrogen-bond acceptors (Lipinski definition) is 6. The summed E-state index contributed by atoms with van der Waals surface area (Å²) in [5, 5.41) is 8.25. The van der Waals surface area contributed by atoms with Crippen molar-refractivity contribution in [3.63, 3.8) is 0 Å². The van der Waals surface area contributed by atoms with Crippen molar-refractivity contribution in [3.05, 3.63) is 89.6 Å². The molecule has 36 heavy (non-hydrogen) atoms. The highest BCUT2D eigenvalue weighted by molar-refractivity contribution is 7.10. The summed E-state index contributed by atoms with van der Waals surface area (Å²) < 4.78 is 0. The SMILES string of the molecule is O=C(CCCCCCC(=O)N(Cc1cccs1)Cc1cccs1)N(Cc1cccs1)Cc1cccs1. The van der Waals surface area contributed by atoms with Crippen molar-refractivity contribution < 1.29 is 9.59 Å². The first-order valence-corrected chi connectivity index (χ1v) is 15.8. The maximum atomic E-state index is 13.0. The number of rotatable bonds is 15. The first kappa shape index (κ1) is 26.8. The number of carbonyl (C=O) groups excluding carboxylic acids is 2. The predicted molar refractivity (Wildman–Crippen MR) is 153 cm³/mol. The standard InChI is InChI=1S/C28H32N2O2S4/c31-27(29(19-23-9-5-15-33-23)20-24-10-6-16-34-24)13-3-1-2-4-14-28(32)30(21-25-11-7-17-35-25)22-26-12-8-18-36-26/h5-12,15-18H,1-4,13-14,19-22H2. The first-order valence-electron chi connectivity index (χ1n) is 12.3. The van der Waals surface area contributed by atoms with Gasteiger partial charge in [-0.15, -0.1) is 45.3 Å². The molecule has 0 aromatic carbocycles. The Morgan fingerprint density at radius 3 is 1.06 bits per heavy atom. The molecule has 0 aliphatic rings. The smallest absolute Gasteiger partial charge is 0.223 e. The van der Waals surface area contributed by atoms with Crippen molar-refractivity contribution in [1.29, 1.82) is 0 Å². The molecule has 0 unspecified atom stereocenters. The minimum atomic E-state index is 0.214. The van der Waals surface area contributed by atoms with Crippen LogP contribution < -0.4 is 0 Å². The molecule has 0 aliphatic heterocycles. The lowest BCUT2D eigenvalue weighted by Crippen LogP contribution is -2.29. The minimum absolute atomic E-state index is 0.214. The quantitative estimate of drug-likeness (QED) is 0.139. The minimum Gasteiger partial charge on any atom is -0.332 e.